The third kappa shape index (κ3) is 2.14. The number of hydrogen-bond acceptors (Lipinski definition) is 2. The Morgan fingerprint density at radius 3 is 2.00 bits per heavy atom. The molecule has 18 heavy (non-hydrogen) atoms. The van der Waals surface area contributed by atoms with Gasteiger partial charge in [0, 0.05) is 6.92 Å². The molecule has 0 unspecified atom stereocenters. The van der Waals surface area contributed by atoms with Gasteiger partial charge in [-0.3, -0.25) is 4.79 Å². The van der Waals surface area contributed by atoms with Crippen molar-refractivity contribution in [3.63, 3.8) is 0 Å². The van der Waals surface area contributed by atoms with E-state index in [4.69, 9.17) is 4.74 Å². The fourth-order valence-corrected chi connectivity index (χ4v) is 4.71. The second-order valence-electron chi connectivity index (χ2n) is 6.84. The molecular formula is C14H20F2O2. The highest BCUT2D eigenvalue weighted by Gasteiger charge is 2.55. The lowest BCUT2D eigenvalue weighted by atomic mass is 9.49. The first-order valence-corrected chi connectivity index (χ1v) is 6.91. The van der Waals surface area contributed by atoms with Gasteiger partial charge in [-0.15, -0.1) is 0 Å². The minimum Gasteiger partial charge on any atom is -0.459 e. The molecule has 4 bridgehead atoms. The highest BCUT2D eigenvalue weighted by molar-refractivity contribution is 5.77. The quantitative estimate of drug-likeness (QED) is 0.725. The summed E-state index contributed by atoms with van der Waals surface area (Å²) in [6, 6.07) is 0. The van der Waals surface area contributed by atoms with Crippen LogP contribution in [0.4, 0.5) is 8.78 Å². The normalized spacial score (nSPS) is 42.1. The predicted molar refractivity (Wildman–Crippen MR) is 62.2 cm³/mol. The number of carbonyl (C=O) groups excluding carboxylic acids is 1. The van der Waals surface area contributed by atoms with Crippen molar-refractivity contribution >= 4 is 5.97 Å². The van der Waals surface area contributed by atoms with Crippen LogP contribution < -0.4 is 0 Å². The van der Waals surface area contributed by atoms with E-state index in [0.717, 1.165) is 26.2 Å². The second-order valence-corrected chi connectivity index (χ2v) is 6.84. The van der Waals surface area contributed by atoms with Crippen LogP contribution in [0.2, 0.25) is 0 Å². The van der Waals surface area contributed by atoms with E-state index in [0.29, 0.717) is 17.8 Å². The monoisotopic (exact) mass is 258 g/mol. The summed E-state index contributed by atoms with van der Waals surface area (Å²) in [4.78, 5) is 12.2. The maximum atomic E-state index is 12.8. The molecule has 0 atom stereocenters. The number of hydrogen-bond donors (Lipinski definition) is 0. The molecule has 4 heteroatoms. The van der Waals surface area contributed by atoms with Gasteiger partial charge in [0.25, 0.3) is 5.92 Å². The molecule has 0 heterocycles. The molecule has 0 aliphatic heterocycles. The molecule has 4 aliphatic rings. The Morgan fingerprint density at radius 1 is 1.17 bits per heavy atom. The van der Waals surface area contributed by atoms with Crippen LogP contribution in [-0.4, -0.2) is 18.5 Å². The molecule has 0 N–H and O–H groups in total. The zero-order valence-electron chi connectivity index (χ0n) is 10.8. The van der Waals surface area contributed by atoms with Crippen molar-refractivity contribution in [1.82, 2.24) is 0 Å². The van der Waals surface area contributed by atoms with E-state index in [1.165, 1.54) is 19.3 Å². The molecule has 0 aromatic carbocycles. The molecule has 0 amide bonds. The van der Waals surface area contributed by atoms with Gasteiger partial charge in [-0.2, -0.15) is 0 Å². The standard InChI is InChI=1S/C14H20F2O2/c1-13(15,16)8-18-12(17)14-5-9-2-10(6-14)4-11(3-9)7-14/h9-11H,2-8H2,1H3. The number of esters is 1. The molecule has 0 spiro atoms. The van der Waals surface area contributed by atoms with Crippen LogP contribution in [0.5, 0.6) is 0 Å². The summed E-state index contributed by atoms with van der Waals surface area (Å²) >= 11 is 0. The van der Waals surface area contributed by atoms with E-state index in [-0.39, 0.29) is 5.97 Å². The van der Waals surface area contributed by atoms with E-state index >= 15 is 0 Å². The van der Waals surface area contributed by atoms with Gasteiger partial charge in [0.05, 0.1) is 5.41 Å². The second kappa shape index (κ2) is 3.91. The Kier molecular flexibility index (Phi) is 2.69. The topological polar surface area (TPSA) is 26.3 Å². The van der Waals surface area contributed by atoms with Crippen molar-refractivity contribution in [2.75, 3.05) is 6.61 Å². The molecule has 4 rings (SSSR count). The van der Waals surface area contributed by atoms with Gasteiger partial charge < -0.3 is 4.74 Å². The Balaban J connectivity index is 1.69. The van der Waals surface area contributed by atoms with E-state index < -0.39 is 17.9 Å². The summed E-state index contributed by atoms with van der Waals surface area (Å²) in [5.74, 6) is -1.39. The largest absolute Gasteiger partial charge is 0.459 e. The highest BCUT2D eigenvalue weighted by atomic mass is 19.3. The molecule has 0 aromatic heterocycles. The van der Waals surface area contributed by atoms with Crippen LogP contribution in [0, 0.1) is 23.2 Å². The van der Waals surface area contributed by atoms with Gasteiger partial charge in [0.2, 0.25) is 0 Å². The average Bonchev–Trinajstić information content (AvgIpc) is 2.22. The van der Waals surface area contributed by atoms with Crippen molar-refractivity contribution in [2.45, 2.75) is 51.4 Å². The van der Waals surface area contributed by atoms with Gasteiger partial charge >= 0.3 is 5.97 Å². The van der Waals surface area contributed by atoms with Crippen LogP contribution >= 0.6 is 0 Å². The molecule has 4 fully saturated rings. The molecule has 0 radical (unpaired) electrons. The van der Waals surface area contributed by atoms with Crippen molar-refractivity contribution in [3.05, 3.63) is 0 Å². The molecule has 0 aromatic rings. The van der Waals surface area contributed by atoms with Crippen LogP contribution in [0.25, 0.3) is 0 Å². The predicted octanol–water partition coefficient (Wildman–Crippen LogP) is 3.40. The minimum atomic E-state index is -2.92. The summed E-state index contributed by atoms with van der Waals surface area (Å²) in [5, 5.41) is 0. The molecule has 4 aliphatic carbocycles. The van der Waals surface area contributed by atoms with Gasteiger partial charge in [0.15, 0.2) is 6.61 Å². The number of carbonyl (C=O) groups is 1. The first-order chi connectivity index (χ1) is 8.36. The van der Waals surface area contributed by atoms with E-state index in [2.05, 4.69) is 0 Å². The molecule has 2 nitrogen and oxygen atoms in total. The first kappa shape index (κ1) is 12.4. The Bertz CT molecular complexity index is 324. The average molecular weight is 258 g/mol. The van der Waals surface area contributed by atoms with Gasteiger partial charge in [0.1, 0.15) is 0 Å². The molecule has 0 saturated heterocycles. The van der Waals surface area contributed by atoms with Crippen LogP contribution in [0.15, 0.2) is 0 Å². The first-order valence-electron chi connectivity index (χ1n) is 6.91. The molecule has 102 valence electrons. The molecule has 4 saturated carbocycles. The minimum absolute atomic E-state index is 0.358. The van der Waals surface area contributed by atoms with E-state index in [9.17, 15) is 13.6 Å². The number of halogens is 2. The number of alkyl halides is 2. The van der Waals surface area contributed by atoms with Crippen LogP contribution in [0.3, 0.4) is 0 Å². The van der Waals surface area contributed by atoms with Gasteiger partial charge in [-0.25, -0.2) is 8.78 Å². The summed E-state index contributed by atoms with van der Waals surface area (Å²) in [6.07, 6.45) is 6.30. The van der Waals surface area contributed by atoms with E-state index in [1.807, 2.05) is 0 Å². The maximum Gasteiger partial charge on any atom is 0.312 e. The summed E-state index contributed by atoms with van der Waals surface area (Å²) < 4.78 is 30.5. The van der Waals surface area contributed by atoms with Gasteiger partial charge in [-0.1, -0.05) is 0 Å². The zero-order valence-corrected chi connectivity index (χ0v) is 10.8. The third-order valence-electron chi connectivity index (χ3n) is 4.93. The summed E-state index contributed by atoms with van der Waals surface area (Å²) in [5.41, 5.74) is -0.417. The Labute approximate surface area is 106 Å². The summed E-state index contributed by atoms with van der Waals surface area (Å²) in [7, 11) is 0. The van der Waals surface area contributed by atoms with Crippen molar-refractivity contribution < 1.29 is 18.3 Å². The zero-order chi connectivity index (χ0) is 13.0. The Morgan fingerprint density at radius 2 is 1.61 bits per heavy atom. The lowest BCUT2D eigenvalue weighted by Gasteiger charge is -2.55. The summed E-state index contributed by atoms with van der Waals surface area (Å²) in [6.45, 7) is 0.0214. The lowest BCUT2D eigenvalue weighted by Crippen LogP contribution is -2.51. The van der Waals surface area contributed by atoms with Crippen molar-refractivity contribution in [2.24, 2.45) is 23.2 Å². The van der Waals surface area contributed by atoms with Crippen LogP contribution in [0.1, 0.15) is 45.4 Å². The Hall–Kier alpha value is -0.670. The van der Waals surface area contributed by atoms with E-state index in [1.54, 1.807) is 0 Å². The number of ether oxygens (including phenoxy) is 1. The van der Waals surface area contributed by atoms with Gasteiger partial charge in [-0.05, 0) is 56.3 Å². The fraction of sp³-hybridized carbons (Fsp3) is 0.929. The smallest absolute Gasteiger partial charge is 0.312 e. The van der Waals surface area contributed by atoms with Crippen molar-refractivity contribution in [1.29, 1.82) is 0 Å². The lowest BCUT2D eigenvalue weighted by molar-refractivity contribution is -0.180. The highest BCUT2D eigenvalue weighted by Crippen LogP contribution is 2.60. The molecular weight excluding hydrogens is 238 g/mol. The maximum absolute atomic E-state index is 12.8. The van der Waals surface area contributed by atoms with Crippen LogP contribution in [-0.2, 0) is 9.53 Å². The van der Waals surface area contributed by atoms with Crippen molar-refractivity contribution in [3.8, 4) is 0 Å². The fourth-order valence-electron chi connectivity index (χ4n) is 4.71. The number of rotatable bonds is 3. The third-order valence-corrected chi connectivity index (χ3v) is 4.93. The SMILES string of the molecule is CC(F)(F)COC(=O)C12CC3CC(CC(C3)C1)C2.